The van der Waals surface area contributed by atoms with E-state index < -0.39 is 0 Å². The van der Waals surface area contributed by atoms with Crippen molar-refractivity contribution in [3.8, 4) is 22.9 Å². The molecule has 146 valence electrons. The third-order valence-corrected chi connectivity index (χ3v) is 5.55. The number of halogens is 2. The third kappa shape index (κ3) is 4.60. The molecule has 2 N–H and O–H groups in total. The highest BCUT2D eigenvalue weighted by Gasteiger charge is 2.16. The van der Waals surface area contributed by atoms with Crippen LogP contribution in [0.1, 0.15) is 0 Å². The average molecular weight is 484 g/mol. The summed E-state index contributed by atoms with van der Waals surface area (Å²) in [6, 6.07) is 10.1. The van der Waals surface area contributed by atoms with Crippen LogP contribution in [0.4, 0.5) is 5.69 Å². The summed E-state index contributed by atoms with van der Waals surface area (Å²) in [4.78, 5) is 12.3. The van der Waals surface area contributed by atoms with E-state index in [9.17, 15) is 9.90 Å². The Labute approximate surface area is 179 Å². The van der Waals surface area contributed by atoms with Crippen LogP contribution in [0.2, 0.25) is 5.02 Å². The van der Waals surface area contributed by atoms with Gasteiger partial charge in [-0.3, -0.25) is 4.79 Å². The Kier molecular flexibility index (Phi) is 6.48. The minimum Gasteiger partial charge on any atom is -0.507 e. The summed E-state index contributed by atoms with van der Waals surface area (Å²) >= 11 is 10.6. The number of benzene rings is 2. The zero-order valence-corrected chi connectivity index (χ0v) is 18.1. The Bertz CT molecular complexity index is 1030. The van der Waals surface area contributed by atoms with Crippen LogP contribution < -0.4 is 10.1 Å². The van der Waals surface area contributed by atoms with E-state index in [2.05, 4.69) is 31.4 Å². The molecule has 7 nitrogen and oxygen atoms in total. The van der Waals surface area contributed by atoms with E-state index in [0.29, 0.717) is 33.0 Å². The lowest BCUT2D eigenvalue weighted by Crippen LogP contribution is -2.15. The Morgan fingerprint density at radius 1 is 1.32 bits per heavy atom. The topological polar surface area (TPSA) is 89.3 Å². The van der Waals surface area contributed by atoms with Crippen molar-refractivity contribution in [2.45, 2.75) is 5.16 Å². The number of thioether (sulfide) groups is 1. The lowest BCUT2D eigenvalue weighted by atomic mass is 10.2. The van der Waals surface area contributed by atoms with E-state index in [1.54, 1.807) is 48.0 Å². The van der Waals surface area contributed by atoms with Crippen LogP contribution in [0.5, 0.6) is 11.5 Å². The Hall–Kier alpha value is -2.23. The van der Waals surface area contributed by atoms with Crippen molar-refractivity contribution in [3.05, 3.63) is 45.9 Å². The molecule has 0 aliphatic rings. The molecular weight excluding hydrogens is 468 g/mol. The molecule has 0 unspecified atom stereocenters. The second-order valence-corrected chi connectivity index (χ2v) is 8.00. The van der Waals surface area contributed by atoms with Gasteiger partial charge < -0.3 is 19.7 Å². The maximum absolute atomic E-state index is 12.3. The first kappa shape index (κ1) is 20.5. The molecule has 3 rings (SSSR count). The smallest absolute Gasteiger partial charge is 0.234 e. The van der Waals surface area contributed by atoms with Crippen LogP contribution in [0, 0.1) is 0 Å². The summed E-state index contributed by atoms with van der Waals surface area (Å²) in [5.74, 6) is 1.00. The Balaban J connectivity index is 1.70. The lowest BCUT2D eigenvalue weighted by molar-refractivity contribution is -0.113. The number of rotatable bonds is 6. The van der Waals surface area contributed by atoms with Crippen molar-refractivity contribution in [2.75, 3.05) is 18.2 Å². The number of carbonyl (C=O) groups excluding carboxylic acids is 1. The van der Waals surface area contributed by atoms with Gasteiger partial charge in [0, 0.05) is 16.5 Å². The Morgan fingerprint density at radius 2 is 2.11 bits per heavy atom. The van der Waals surface area contributed by atoms with Crippen molar-refractivity contribution in [3.63, 3.8) is 0 Å². The highest BCUT2D eigenvalue weighted by molar-refractivity contribution is 9.10. The third-order valence-electron chi connectivity index (χ3n) is 3.80. The van der Waals surface area contributed by atoms with Crippen molar-refractivity contribution < 1.29 is 14.6 Å². The van der Waals surface area contributed by atoms with Crippen LogP contribution in [0.3, 0.4) is 0 Å². The molecule has 0 saturated heterocycles. The van der Waals surface area contributed by atoms with E-state index in [-0.39, 0.29) is 17.4 Å². The van der Waals surface area contributed by atoms with E-state index >= 15 is 0 Å². The van der Waals surface area contributed by atoms with E-state index in [1.807, 2.05) is 0 Å². The molecule has 2 aromatic carbocycles. The number of phenolic OH excluding ortho intramolecular Hbond substituents is 1. The molecular formula is C18H16BrClN4O3S. The second-order valence-electron chi connectivity index (χ2n) is 5.71. The predicted molar refractivity (Wildman–Crippen MR) is 113 cm³/mol. The number of aromatic nitrogens is 3. The normalized spacial score (nSPS) is 10.7. The highest BCUT2D eigenvalue weighted by Crippen LogP contribution is 2.32. The number of carbonyl (C=O) groups is 1. The molecule has 0 aliphatic heterocycles. The van der Waals surface area contributed by atoms with Gasteiger partial charge >= 0.3 is 0 Å². The summed E-state index contributed by atoms with van der Waals surface area (Å²) < 4.78 is 7.76. The molecule has 0 atom stereocenters. The highest BCUT2D eigenvalue weighted by atomic mass is 79.9. The van der Waals surface area contributed by atoms with Gasteiger partial charge in [0.2, 0.25) is 5.91 Å². The van der Waals surface area contributed by atoms with Crippen LogP contribution in [-0.4, -0.2) is 38.6 Å². The van der Waals surface area contributed by atoms with Crippen LogP contribution in [0.25, 0.3) is 11.4 Å². The van der Waals surface area contributed by atoms with Crippen LogP contribution in [0.15, 0.2) is 46.0 Å². The van der Waals surface area contributed by atoms with Gasteiger partial charge in [-0.1, -0.05) is 39.3 Å². The number of nitrogens with one attached hydrogen (secondary N) is 1. The van der Waals surface area contributed by atoms with Gasteiger partial charge in [0.05, 0.1) is 24.1 Å². The zero-order valence-electron chi connectivity index (χ0n) is 14.9. The zero-order chi connectivity index (χ0) is 20.3. The number of amides is 1. The van der Waals surface area contributed by atoms with Crippen LogP contribution >= 0.6 is 39.3 Å². The monoisotopic (exact) mass is 482 g/mol. The van der Waals surface area contributed by atoms with E-state index in [1.165, 1.54) is 18.9 Å². The minimum atomic E-state index is -0.236. The molecule has 0 fully saturated rings. The Morgan fingerprint density at radius 3 is 2.86 bits per heavy atom. The van der Waals surface area contributed by atoms with Crippen LogP contribution in [-0.2, 0) is 11.8 Å². The van der Waals surface area contributed by atoms with Gasteiger partial charge in [-0.2, -0.15) is 0 Å². The SMILES string of the molecule is COc1ccc(Cl)cc1NC(=O)CSc1nnc(-c2cc(Br)ccc2O)n1C. The first-order valence-electron chi connectivity index (χ1n) is 8.03. The van der Waals surface area contributed by atoms with Gasteiger partial charge in [0.1, 0.15) is 11.5 Å². The fraction of sp³-hybridized carbons (Fsp3) is 0.167. The maximum atomic E-state index is 12.3. The maximum Gasteiger partial charge on any atom is 0.234 e. The van der Waals surface area contributed by atoms with Crippen molar-refractivity contribution in [1.29, 1.82) is 0 Å². The molecule has 1 heterocycles. The first-order chi connectivity index (χ1) is 13.4. The minimum absolute atomic E-state index is 0.0982. The van der Waals surface area contributed by atoms with Gasteiger partial charge in [-0.25, -0.2) is 0 Å². The summed E-state index contributed by atoms with van der Waals surface area (Å²) in [5.41, 5.74) is 1.04. The number of hydrogen-bond acceptors (Lipinski definition) is 6. The summed E-state index contributed by atoms with van der Waals surface area (Å²) in [6.07, 6.45) is 0. The number of phenols is 1. The molecule has 28 heavy (non-hydrogen) atoms. The largest absolute Gasteiger partial charge is 0.507 e. The van der Waals surface area contributed by atoms with Gasteiger partial charge in [-0.05, 0) is 36.4 Å². The van der Waals surface area contributed by atoms with Crippen molar-refractivity contribution in [1.82, 2.24) is 14.8 Å². The molecule has 3 aromatic rings. The van der Waals surface area contributed by atoms with Crippen molar-refractivity contribution >= 4 is 50.9 Å². The summed E-state index contributed by atoms with van der Waals surface area (Å²) in [6.45, 7) is 0. The fourth-order valence-electron chi connectivity index (χ4n) is 2.46. The quantitative estimate of drug-likeness (QED) is 0.507. The number of hydrogen-bond donors (Lipinski definition) is 2. The second kappa shape index (κ2) is 8.85. The standard InChI is InChI=1S/C18H16BrClN4O3S/c1-24-17(12-7-10(19)3-5-14(12)25)22-23-18(24)28-9-16(26)21-13-8-11(20)4-6-15(13)27-2/h3-8,25H,9H2,1-2H3,(H,21,26). The van der Waals surface area contributed by atoms with Gasteiger partial charge in [0.25, 0.3) is 0 Å². The number of aromatic hydroxyl groups is 1. The van der Waals surface area contributed by atoms with Crippen molar-refractivity contribution in [2.24, 2.45) is 7.05 Å². The van der Waals surface area contributed by atoms with E-state index in [0.717, 1.165) is 4.47 Å². The average Bonchev–Trinajstić information content (AvgIpc) is 3.02. The molecule has 0 bridgehead atoms. The molecule has 0 radical (unpaired) electrons. The fourth-order valence-corrected chi connectivity index (χ4v) is 3.70. The summed E-state index contributed by atoms with van der Waals surface area (Å²) in [7, 11) is 3.29. The molecule has 1 aromatic heterocycles. The number of methoxy groups -OCH3 is 1. The van der Waals surface area contributed by atoms with Gasteiger partial charge in [0.15, 0.2) is 11.0 Å². The molecule has 0 saturated carbocycles. The number of anilines is 1. The first-order valence-corrected chi connectivity index (χ1v) is 10.2. The van der Waals surface area contributed by atoms with Gasteiger partial charge in [-0.15, -0.1) is 10.2 Å². The predicted octanol–water partition coefficient (Wildman–Crippen LogP) is 4.34. The molecule has 0 spiro atoms. The molecule has 0 aliphatic carbocycles. The molecule has 1 amide bonds. The number of nitrogens with zero attached hydrogens (tertiary/aromatic N) is 3. The molecule has 10 heteroatoms. The van der Waals surface area contributed by atoms with E-state index in [4.69, 9.17) is 16.3 Å². The number of ether oxygens (including phenoxy) is 1. The lowest BCUT2D eigenvalue weighted by Gasteiger charge is -2.10. The summed E-state index contributed by atoms with van der Waals surface area (Å²) in [5, 5.41) is 22.1.